The monoisotopic (exact) mass is 242 g/mol. The molecule has 6 heteroatoms. The van der Waals surface area contributed by atoms with E-state index in [0.717, 1.165) is 6.07 Å². The van der Waals surface area contributed by atoms with E-state index in [1.54, 1.807) is 13.0 Å². The second kappa shape index (κ2) is 4.60. The minimum absolute atomic E-state index is 0.436. The molecule has 0 aromatic heterocycles. The molecule has 1 N–H and O–H groups in total. The van der Waals surface area contributed by atoms with E-state index in [-0.39, 0.29) is 0 Å². The highest BCUT2D eigenvalue weighted by molar-refractivity contribution is 7.89. The number of hydrogen-bond donors (Lipinski definition) is 1. The normalized spacial score (nSPS) is 13.1. The number of nitrogens with one attached hydrogen (secondary N) is 1. The predicted molar refractivity (Wildman–Crippen MR) is 56.5 cm³/mol. The van der Waals surface area contributed by atoms with Gasteiger partial charge in [0.15, 0.2) is 0 Å². The number of rotatable bonds is 3. The van der Waals surface area contributed by atoms with E-state index >= 15 is 0 Å². The predicted octanol–water partition coefficient (Wildman–Crippen LogP) is 1.32. The average Bonchev–Trinajstić information content (AvgIpc) is 2.20. The van der Waals surface area contributed by atoms with Crippen LogP contribution in [0.2, 0.25) is 0 Å². The number of nitrogens with zero attached hydrogens (tertiary/aromatic N) is 1. The molecule has 0 unspecified atom stereocenters. The van der Waals surface area contributed by atoms with Crippen molar-refractivity contribution in [2.24, 2.45) is 0 Å². The fraction of sp³-hybridized carbons (Fsp3) is 0.300. The van der Waals surface area contributed by atoms with Gasteiger partial charge in [0.2, 0.25) is 10.0 Å². The molecule has 0 spiro atoms. The highest BCUT2D eigenvalue weighted by Gasteiger charge is 2.21. The molecule has 0 fully saturated rings. The topological polar surface area (TPSA) is 70.0 Å². The lowest BCUT2D eigenvalue weighted by Crippen LogP contribution is -2.32. The Balaban J connectivity index is 3.18. The van der Waals surface area contributed by atoms with Crippen LogP contribution in [0.5, 0.6) is 0 Å². The van der Waals surface area contributed by atoms with Crippen LogP contribution in [-0.4, -0.2) is 14.5 Å². The second-order valence-electron chi connectivity index (χ2n) is 3.41. The zero-order valence-electron chi connectivity index (χ0n) is 8.86. The highest BCUT2D eigenvalue weighted by Crippen LogP contribution is 2.16. The Labute approximate surface area is 93.8 Å². The summed E-state index contributed by atoms with van der Waals surface area (Å²) in [5.41, 5.74) is 0.631. The van der Waals surface area contributed by atoms with E-state index in [9.17, 15) is 12.8 Å². The summed E-state index contributed by atoms with van der Waals surface area (Å²) in [5.74, 6) is -0.830. The molecule has 1 aromatic rings. The lowest BCUT2D eigenvalue weighted by atomic mass is 10.2. The summed E-state index contributed by atoms with van der Waals surface area (Å²) in [7, 11) is -3.97. The van der Waals surface area contributed by atoms with Gasteiger partial charge in [-0.2, -0.15) is 9.98 Å². The van der Waals surface area contributed by atoms with Crippen LogP contribution in [-0.2, 0) is 10.0 Å². The van der Waals surface area contributed by atoms with Gasteiger partial charge in [0.25, 0.3) is 0 Å². The molecule has 0 saturated carbocycles. The Hall–Kier alpha value is -1.45. The Morgan fingerprint density at radius 3 is 2.69 bits per heavy atom. The van der Waals surface area contributed by atoms with Crippen molar-refractivity contribution in [1.29, 1.82) is 5.26 Å². The molecule has 1 aromatic carbocycles. The minimum atomic E-state index is -3.97. The Bertz CT molecular complexity index is 534. The third kappa shape index (κ3) is 2.78. The van der Waals surface area contributed by atoms with Gasteiger partial charge in [-0.15, -0.1) is 0 Å². The lowest BCUT2D eigenvalue weighted by molar-refractivity contribution is 0.553. The molecule has 4 nitrogen and oxygen atoms in total. The summed E-state index contributed by atoms with van der Waals surface area (Å²) in [6, 6.07) is 4.60. The first-order chi connectivity index (χ1) is 7.36. The van der Waals surface area contributed by atoms with Gasteiger partial charge in [-0.05, 0) is 31.5 Å². The number of halogens is 1. The molecule has 0 aliphatic heterocycles. The zero-order chi connectivity index (χ0) is 12.3. The van der Waals surface area contributed by atoms with Crippen LogP contribution in [0.15, 0.2) is 23.1 Å². The number of nitriles is 1. The van der Waals surface area contributed by atoms with Crippen molar-refractivity contribution in [3.63, 3.8) is 0 Å². The second-order valence-corrected chi connectivity index (χ2v) is 5.09. The van der Waals surface area contributed by atoms with Gasteiger partial charge >= 0.3 is 0 Å². The standard InChI is InChI=1S/C10H11FN2O2S/c1-7-3-4-9(11)10(5-7)16(14,15)13-8(2)6-12/h3-5,8,13H,1-2H3/t8-/m1/s1. The maximum Gasteiger partial charge on any atom is 0.244 e. The van der Waals surface area contributed by atoms with Crippen LogP contribution in [0.1, 0.15) is 12.5 Å². The SMILES string of the molecule is Cc1ccc(F)c(S(=O)(=O)N[C@H](C)C#N)c1. The van der Waals surface area contributed by atoms with E-state index < -0.39 is 26.8 Å². The average molecular weight is 242 g/mol. The van der Waals surface area contributed by atoms with Gasteiger partial charge in [-0.3, -0.25) is 0 Å². The third-order valence-electron chi connectivity index (χ3n) is 1.90. The summed E-state index contributed by atoms with van der Waals surface area (Å²) in [4.78, 5) is -0.436. The largest absolute Gasteiger partial charge is 0.244 e. The van der Waals surface area contributed by atoms with Crippen molar-refractivity contribution in [3.8, 4) is 6.07 Å². The van der Waals surface area contributed by atoms with Gasteiger partial charge in [-0.1, -0.05) is 6.07 Å². The first kappa shape index (κ1) is 12.6. The van der Waals surface area contributed by atoms with Gasteiger partial charge in [0.05, 0.1) is 6.07 Å². The molecule has 86 valence electrons. The molecule has 0 radical (unpaired) electrons. The van der Waals surface area contributed by atoms with E-state index in [0.29, 0.717) is 5.56 Å². The van der Waals surface area contributed by atoms with Crippen molar-refractivity contribution in [2.75, 3.05) is 0 Å². The number of aryl methyl sites for hydroxylation is 1. The molecular weight excluding hydrogens is 231 g/mol. The van der Waals surface area contributed by atoms with Crippen LogP contribution in [0.3, 0.4) is 0 Å². The quantitative estimate of drug-likeness (QED) is 0.869. The van der Waals surface area contributed by atoms with E-state index in [2.05, 4.69) is 4.72 Å². The van der Waals surface area contributed by atoms with E-state index in [4.69, 9.17) is 5.26 Å². The van der Waals surface area contributed by atoms with Crippen LogP contribution in [0.25, 0.3) is 0 Å². The third-order valence-corrected chi connectivity index (χ3v) is 3.46. The Morgan fingerprint density at radius 2 is 2.12 bits per heavy atom. The minimum Gasteiger partial charge on any atom is -0.207 e. The maximum atomic E-state index is 13.3. The van der Waals surface area contributed by atoms with Crippen molar-refractivity contribution < 1.29 is 12.8 Å². The van der Waals surface area contributed by atoms with Crippen molar-refractivity contribution in [3.05, 3.63) is 29.6 Å². The number of sulfonamides is 1. The fourth-order valence-electron chi connectivity index (χ4n) is 1.14. The van der Waals surface area contributed by atoms with E-state index in [1.807, 2.05) is 0 Å². The molecular formula is C10H11FN2O2S. The Morgan fingerprint density at radius 1 is 1.50 bits per heavy atom. The molecule has 0 amide bonds. The summed E-state index contributed by atoms with van der Waals surface area (Å²) < 4.78 is 38.7. The van der Waals surface area contributed by atoms with Crippen LogP contribution >= 0.6 is 0 Å². The first-order valence-electron chi connectivity index (χ1n) is 4.55. The van der Waals surface area contributed by atoms with Crippen molar-refractivity contribution >= 4 is 10.0 Å². The molecule has 0 heterocycles. The van der Waals surface area contributed by atoms with Crippen LogP contribution in [0.4, 0.5) is 4.39 Å². The molecule has 16 heavy (non-hydrogen) atoms. The van der Waals surface area contributed by atoms with Crippen LogP contribution in [0, 0.1) is 24.1 Å². The molecule has 1 rings (SSSR count). The van der Waals surface area contributed by atoms with Crippen molar-refractivity contribution in [1.82, 2.24) is 4.72 Å². The van der Waals surface area contributed by atoms with Gasteiger partial charge in [0, 0.05) is 0 Å². The molecule has 0 aliphatic carbocycles. The summed E-state index contributed by atoms with van der Waals surface area (Å²) in [6.45, 7) is 3.04. The summed E-state index contributed by atoms with van der Waals surface area (Å²) >= 11 is 0. The maximum absolute atomic E-state index is 13.3. The lowest BCUT2D eigenvalue weighted by Gasteiger charge is -2.09. The Kier molecular flexibility index (Phi) is 3.62. The number of benzene rings is 1. The zero-order valence-corrected chi connectivity index (χ0v) is 9.68. The molecule has 0 saturated heterocycles. The van der Waals surface area contributed by atoms with Gasteiger partial charge in [0.1, 0.15) is 16.8 Å². The van der Waals surface area contributed by atoms with E-state index in [1.165, 1.54) is 19.1 Å². The summed E-state index contributed by atoms with van der Waals surface area (Å²) in [5, 5.41) is 8.50. The van der Waals surface area contributed by atoms with Crippen LogP contribution < -0.4 is 4.72 Å². The smallest absolute Gasteiger partial charge is 0.207 e. The first-order valence-corrected chi connectivity index (χ1v) is 6.03. The van der Waals surface area contributed by atoms with Gasteiger partial charge < -0.3 is 0 Å². The molecule has 1 atom stereocenters. The van der Waals surface area contributed by atoms with Gasteiger partial charge in [-0.25, -0.2) is 12.8 Å². The summed E-state index contributed by atoms with van der Waals surface area (Å²) in [6.07, 6.45) is 0. The highest BCUT2D eigenvalue weighted by atomic mass is 32.2. The fourth-order valence-corrected chi connectivity index (χ4v) is 2.45. The number of hydrogen-bond acceptors (Lipinski definition) is 3. The van der Waals surface area contributed by atoms with Crippen molar-refractivity contribution in [2.45, 2.75) is 24.8 Å². The molecule has 0 bridgehead atoms. The molecule has 0 aliphatic rings.